The van der Waals surface area contributed by atoms with Crippen molar-refractivity contribution in [1.82, 2.24) is 24.1 Å². The van der Waals surface area contributed by atoms with Gasteiger partial charge in [0.1, 0.15) is 12.2 Å². The van der Waals surface area contributed by atoms with E-state index < -0.39 is 10.0 Å². The van der Waals surface area contributed by atoms with Crippen LogP contribution in [0.1, 0.15) is 24.9 Å². The summed E-state index contributed by atoms with van der Waals surface area (Å²) < 4.78 is 30.7. The molecule has 0 spiro atoms. The minimum Gasteiger partial charge on any atom is -0.349 e. The molecular weight excluding hydrogens is 292 g/mol. The first-order valence-corrected chi connectivity index (χ1v) is 8.18. The van der Waals surface area contributed by atoms with E-state index in [-0.39, 0.29) is 11.4 Å². The fourth-order valence-electron chi connectivity index (χ4n) is 2.00. The molecule has 0 saturated heterocycles. The molecule has 2 aromatic heterocycles. The second-order valence-corrected chi connectivity index (χ2v) is 6.51. The van der Waals surface area contributed by atoms with E-state index in [4.69, 9.17) is 5.73 Å². The Bertz CT molecular complexity index is 703. The van der Waals surface area contributed by atoms with Crippen LogP contribution in [0.15, 0.2) is 23.5 Å². The molecule has 0 aromatic carbocycles. The van der Waals surface area contributed by atoms with Gasteiger partial charge in [0.15, 0.2) is 0 Å². The molecule has 2 heterocycles. The van der Waals surface area contributed by atoms with Crippen molar-refractivity contribution in [1.29, 1.82) is 0 Å². The fourth-order valence-corrected chi connectivity index (χ4v) is 3.05. The van der Waals surface area contributed by atoms with Crippen molar-refractivity contribution >= 4 is 10.0 Å². The number of sulfonamides is 1. The van der Waals surface area contributed by atoms with Gasteiger partial charge in [-0.3, -0.25) is 0 Å². The summed E-state index contributed by atoms with van der Waals surface area (Å²) in [5, 5.41) is 7.55. The molecule has 21 heavy (non-hydrogen) atoms. The number of aromatic nitrogens is 4. The van der Waals surface area contributed by atoms with Gasteiger partial charge in [0.25, 0.3) is 0 Å². The molecule has 0 fully saturated rings. The highest BCUT2D eigenvalue weighted by atomic mass is 32.2. The lowest BCUT2D eigenvalue weighted by Crippen LogP contribution is -2.24. The first-order chi connectivity index (χ1) is 9.97. The van der Waals surface area contributed by atoms with Crippen molar-refractivity contribution in [3.8, 4) is 0 Å². The number of nitrogens with one attached hydrogen (secondary N) is 1. The van der Waals surface area contributed by atoms with Crippen LogP contribution in [0.25, 0.3) is 0 Å². The van der Waals surface area contributed by atoms with Gasteiger partial charge in [0.2, 0.25) is 10.0 Å². The molecule has 3 N–H and O–H groups in total. The van der Waals surface area contributed by atoms with Gasteiger partial charge in [0.05, 0.1) is 11.4 Å². The lowest BCUT2D eigenvalue weighted by Gasteiger charge is -2.05. The van der Waals surface area contributed by atoms with E-state index in [0.717, 1.165) is 18.7 Å². The average molecular weight is 312 g/mol. The highest BCUT2D eigenvalue weighted by molar-refractivity contribution is 7.89. The SMILES string of the molecule is CCCn1cc(S(=O)(=O)NCc2nncn2C)cc1CN. The smallest absolute Gasteiger partial charge is 0.242 e. The Balaban J connectivity index is 2.17. The normalized spacial score (nSPS) is 12.0. The number of nitrogens with two attached hydrogens (primary N) is 1. The van der Waals surface area contributed by atoms with Crippen molar-refractivity contribution < 1.29 is 8.42 Å². The van der Waals surface area contributed by atoms with Crippen molar-refractivity contribution in [2.45, 2.75) is 37.9 Å². The van der Waals surface area contributed by atoms with Crippen LogP contribution in [0.3, 0.4) is 0 Å². The summed E-state index contributed by atoms with van der Waals surface area (Å²) in [4.78, 5) is 0.221. The maximum Gasteiger partial charge on any atom is 0.242 e. The average Bonchev–Trinajstić information content (AvgIpc) is 3.04. The third-order valence-electron chi connectivity index (χ3n) is 3.17. The van der Waals surface area contributed by atoms with Crippen LogP contribution in [0.2, 0.25) is 0 Å². The van der Waals surface area contributed by atoms with E-state index in [0.29, 0.717) is 12.4 Å². The molecule has 2 aromatic rings. The maximum absolute atomic E-state index is 12.3. The molecule has 0 aliphatic carbocycles. The Labute approximate surface area is 124 Å². The van der Waals surface area contributed by atoms with Gasteiger partial charge in [-0.15, -0.1) is 10.2 Å². The van der Waals surface area contributed by atoms with Crippen molar-refractivity contribution in [2.75, 3.05) is 0 Å². The van der Waals surface area contributed by atoms with Crippen molar-refractivity contribution in [3.63, 3.8) is 0 Å². The minimum atomic E-state index is -3.59. The fraction of sp³-hybridized carbons (Fsp3) is 0.500. The lowest BCUT2D eigenvalue weighted by atomic mass is 10.4. The zero-order valence-electron chi connectivity index (χ0n) is 12.2. The summed E-state index contributed by atoms with van der Waals surface area (Å²) >= 11 is 0. The monoisotopic (exact) mass is 312 g/mol. The molecule has 116 valence electrons. The number of hydrogen-bond donors (Lipinski definition) is 2. The predicted octanol–water partition coefficient (Wildman–Crippen LogP) is -0.0362. The molecule has 0 unspecified atom stereocenters. The van der Waals surface area contributed by atoms with E-state index in [1.54, 1.807) is 23.9 Å². The van der Waals surface area contributed by atoms with Gasteiger partial charge in [0, 0.05) is 32.0 Å². The third-order valence-corrected chi connectivity index (χ3v) is 4.54. The second kappa shape index (κ2) is 6.37. The van der Waals surface area contributed by atoms with Crippen molar-refractivity contribution in [3.05, 3.63) is 30.1 Å². The van der Waals surface area contributed by atoms with Gasteiger partial charge >= 0.3 is 0 Å². The summed E-state index contributed by atoms with van der Waals surface area (Å²) in [6, 6.07) is 1.61. The zero-order valence-corrected chi connectivity index (χ0v) is 13.0. The number of rotatable bonds is 7. The first kappa shape index (κ1) is 15.7. The summed E-state index contributed by atoms with van der Waals surface area (Å²) in [6.07, 6.45) is 4.05. The van der Waals surface area contributed by atoms with Crippen LogP contribution in [0.5, 0.6) is 0 Å². The molecule has 0 bridgehead atoms. The molecule has 0 saturated carbocycles. The standard InChI is InChI=1S/C12H20N6O2S/c1-3-4-18-8-11(5-10(18)6-13)21(19,20)15-7-12-16-14-9-17(12)2/h5,8-9,15H,3-4,6-7,13H2,1-2H3. The molecule has 9 heteroatoms. The van der Waals surface area contributed by atoms with Crippen LogP contribution < -0.4 is 10.5 Å². The Morgan fingerprint density at radius 3 is 2.76 bits per heavy atom. The van der Waals surface area contributed by atoms with Crippen LogP contribution in [0.4, 0.5) is 0 Å². The number of aryl methyl sites for hydroxylation is 2. The summed E-state index contributed by atoms with van der Waals surface area (Å²) in [5.74, 6) is 0.547. The van der Waals surface area contributed by atoms with Gasteiger partial charge in [-0.1, -0.05) is 6.92 Å². The predicted molar refractivity (Wildman–Crippen MR) is 77.6 cm³/mol. The van der Waals surface area contributed by atoms with E-state index in [2.05, 4.69) is 14.9 Å². The summed E-state index contributed by atoms with van der Waals surface area (Å²) in [7, 11) is -1.83. The topological polar surface area (TPSA) is 108 Å². The first-order valence-electron chi connectivity index (χ1n) is 6.69. The highest BCUT2D eigenvalue weighted by Crippen LogP contribution is 2.15. The molecule has 0 amide bonds. The minimum absolute atomic E-state index is 0.0930. The lowest BCUT2D eigenvalue weighted by molar-refractivity contribution is 0.576. The van der Waals surface area contributed by atoms with Crippen molar-refractivity contribution in [2.24, 2.45) is 12.8 Å². The molecule has 2 rings (SSSR count). The Morgan fingerprint density at radius 2 is 2.19 bits per heavy atom. The molecule has 0 aliphatic heterocycles. The molecule has 0 aliphatic rings. The van der Waals surface area contributed by atoms with Gasteiger partial charge in [-0.25, -0.2) is 13.1 Å². The number of hydrogen-bond acceptors (Lipinski definition) is 5. The quantitative estimate of drug-likeness (QED) is 0.746. The second-order valence-electron chi connectivity index (χ2n) is 4.75. The molecule has 0 radical (unpaired) electrons. The van der Waals surface area contributed by atoms with Crippen LogP contribution in [-0.4, -0.2) is 27.7 Å². The molecule has 0 atom stereocenters. The van der Waals surface area contributed by atoms with E-state index in [1.165, 1.54) is 6.33 Å². The highest BCUT2D eigenvalue weighted by Gasteiger charge is 2.18. The van der Waals surface area contributed by atoms with E-state index in [9.17, 15) is 8.42 Å². The maximum atomic E-state index is 12.3. The summed E-state index contributed by atoms with van der Waals surface area (Å²) in [6.45, 7) is 3.17. The molecular formula is C12H20N6O2S. The molecule has 8 nitrogen and oxygen atoms in total. The van der Waals surface area contributed by atoms with Gasteiger partial charge < -0.3 is 14.9 Å². The largest absolute Gasteiger partial charge is 0.349 e. The van der Waals surface area contributed by atoms with Gasteiger partial charge in [-0.05, 0) is 12.5 Å². The Kier molecular flexibility index (Phi) is 4.76. The van der Waals surface area contributed by atoms with Crippen LogP contribution >= 0.6 is 0 Å². The van der Waals surface area contributed by atoms with Crippen LogP contribution in [-0.2, 0) is 36.7 Å². The van der Waals surface area contributed by atoms with Crippen LogP contribution in [0, 0.1) is 0 Å². The third kappa shape index (κ3) is 3.49. The van der Waals surface area contributed by atoms with Gasteiger partial charge in [-0.2, -0.15) is 0 Å². The number of nitrogens with zero attached hydrogens (tertiary/aromatic N) is 4. The Morgan fingerprint density at radius 1 is 1.43 bits per heavy atom. The zero-order chi connectivity index (χ0) is 15.5. The Hall–Kier alpha value is -1.71. The summed E-state index contributed by atoms with van der Waals surface area (Å²) in [5.41, 5.74) is 6.45. The van der Waals surface area contributed by atoms with E-state index >= 15 is 0 Å². The van der Waals surface area contributed by atoms with E-state index in [1.807, 2.05) is 11.5 Å².